The summed E-state index contributed by atoms with van der Waals surface area (Å²) < 4.78 is 0. The van der Waals surface area contributed by atoms with E-state index in [1.165, 1.54) is 0 Å². The molecule has 1 aromatic rings. The Morgan fingerprint density at radius 3 is 2.59 bits per heavy atom. The normalized spacial score (nSPS) is 14.7. The van der Waals surface area contributed by atoms with Crippen molar-refractivity contribution in [2.75, 3.05) is 18.4 Å². The molecule has 0 radical (unpaired) electrons. The Morgan fingerprint density at radius 2 is 1.95 bits per heavy atom. The molecule has 0 spiro atoms. The Morgan fingerprint density at radius 1 is 1.27 bits per heavy atom. The number of aromatic nitrogens is 2. The third kappa shape index (κ3) is 4.98. The number of hydrogen-bond acceptors (Lipinski definition) is 5. The number of nitrogens with one attached hydrogen (secondary N) is 1. The van der Waals surface area contributed by atoms with E-state index in [1.807, 2.05) is 0 Å². The molecule has 1 aliphatic carbocycles. The molecule has 1 saturated carbocycles. The van der Waals surface area contributed by atoms with Crippen molar-refractivity contribution in [3.8, 4) is 0 Å². The van der Waals surface area contributed by atoms with Crippen molar-refractivity contribution in [2.45, 2.75) is 44.6 Å². The molecule has 120 valence electrons. The van der Waals surface area contributed by atoms with Gasteiger partial charge in [0.25, 0.3) is 0 Å². The first-order chi connectivity index (χ1) is 10.7. The summed E-state index contributed by atoms with van der Waals surface area (Å²) in [6.45, 7) is 0.642. The maximum absolute atomic E-state index is 12.3. The van der Waals surface area contributed by atoms with E-state index in [-0.39, 0.29) is 18.5 Å². The average molecular weight is 305 g/mol. The molecule has 1 aliphatic rings. The maximum atomic E-state index is 12.3. The molecule has 0 atom stereocenters. The largest absolute Gasteiger partial charge is 0.368 e. The zero-order chi connectivity index (χ0) is 15.8. The summed E-state index contributed by atoms with van der Waals surface area (Å²) in [4.78, 5) is 33.3. The van der Waals surface area contributed by atoms with Gasteiger partial charge in [0.1, 0.15) is 0 Å². The van der Waals surface area contributed by atoms with Gasteiger partial charge in [-0.15, -0.1) is 0 Å². The average Bonchev–Trinajstić information content (AvgIpc) is 3.04. The number of primary amides is 1. The van der Waals surface area contributed by atoms with Crippen LogP contribution in [0.4, 0.5) is 5.95 Å². The molecule has 7 nitrogen and oxygen atoms in total. The molecule has 22 heavy (non-hydrogen) atoms. The molecule has 2 amide bonds. The SMILES string of the molecule is NC(=O)CN(C(=O)CCCNc1ncccn1)C1CCCC1. The lowest BCUT2D eigenvalue weighted by Gasteiger charge is -2.27. The van der Waals surface area contributed by atoms with Gasteiger partial charge in [0.15, 0.2) is 0 Å². The number of nitrogens with two attached hydrogens (primary N) is 1. The van der Waals surface area contributed by atoms with Crippen LogP contribution in [-0.2, 0) is 9.59 Å². The summed E-state index contributed by atoms with van der Waals surface area (Å²) in [7, 11) is 0. The molecule has 0 saturated heterocycles. The van der Waals surface area contributed by atoms with Crippen LogP contribution in [0.15, 0.2) is 18.5 Å². The fraction of sp³-hybridized carbons (Fsp3) is 0.600. The first-order valence-electron chi connectivity index (χ1n) is 7.75. The van der Waals surface area contributed by atoms with Crippen molar-refractivity contribution in [1.29, 1.82) is 0 Å². The van der Waals surface area contributed by atoms with Crippen LogP contribution in [0.1, 0.15) is 38.5 Å². The van der Waals surface area contributed by atoms with E-state index in [4.69, 9.17) is 5.73 Å². The predicted molar refractivity (Wildman–Crippen MR) is 82.9 cm³/mol. The Hall–Kier alpha value is -2.18. The topological polar surface area (TPSA) is 101 Å². The summed E-state index contributed by atoms with van der Waals surface area (Å²) in [5.41, 5.74) is 5.27. The zero-order valence-corrected chi connectivity index (χ0v) is 12.7. The van der Waals surface area contributed by atoms with Crippen LogP contribution in [0.5, 0.6) is 0 Å². The molecular formula is C15H23N5O2. The second-order valence-electron chi connectivity index (χ2n) is 5.53. The van der Waals surface area contributed by atoms with Crippen molar-refractivity contribution in [1.82, 2.24) is 14.9 Å². The van der Waals surface area contributed by atoms with E-state index >= 15 is 0 Å². The molecular weight excluding hydrogens is 282 g/mol. The number of carbonyl (C=O) groups is 2. The Labute approximate surface area is 130 Å². The zero-order valence-electron chi connectivity index (χ0n) is 12.7. The van der Waals surface area contributed by atoms with E-state index in [0.29, 0.717) is 25.3 Å². The standard InChI is InChI=1S/C15H23N5O2/c16-13(21)11-20(12-5-1-2-6-12)14(22)7-3-8-17-15-18-9-4-10-19-15/h4,9-10,12H,1-3,5-8,11H2,(H2,16,21)(H,17,18,19). The van der Waals surface area contributed by atoms with Crippen LogP contribution < -0.4 is 11.1 Å². The first-order valence-corrected chi connectivity index (χ1v) is 7.75. The third-order valence-corrected chi connectivity index (χ3v) is 3.83. The molecule has 2 rings (SSSR count). The number of nitrogens with zero attached hydrogens (tertiary/aromatic N) is 3. The molecule has 0 aliphatic heterocycles. The van der Waals surface area contributed by atoms with Gasteiger partial charge >= 0.3 is 0 Å². The van der Waals surface area contributed by atoms with E-state index in [9.17, 15) is 9.59 Å². The van der Waals surface area contributed by atoms with Crippen LogP contribution in [0.25, 0.3) is 0 Å². The fourth-order valence-corrected chi connectivity index (χ4v) is 2.78. The molecule has 0 unspecified atom stereocenters. The van der Waals surface area contributed by atoms with Gasteiger partial charge in [0, 0.05) is 31.4 Å². The van der Waals surface area contributed by atoms with Crippen molar-refractivity contribution < 1.29 is 9.59 Å². The molecule has 1 fully saturated rings. The number of carbonyl (C=O) groups excluding carboxylic acids is 2. The number of anilines is 1. The number of amides is 2. The smallest absolute Gasteiger partial charge is 0.237 e. The lowest BCUT2D eigenvalue weighted by Crippen LogP contribution is -2.44. The van der Waals surface area contributed by atoms with Gasteiger partial charge in [-0.1, -0.05) is 12.8 Å². The highest BCUT2D eigenvalue weighted by molar-refractivity contribution is 5.84. The minimum atomic E-state index is -0.448. The Balaban J connectivity index is 1.76. The van der Waals surface area contributed by atoms with Crippen LogP contribution in [0, 0.1) is 0 Å². The fourth-order valence-electron chi connectivity index (χ4n) is 2.78. The minimum Gasteiger partial charge on any atom is -0.368 e. The lowest BCUT2D eigenvalue weighted by atomic mass is 10.1. The van der Waals surface area contributed by atoms with Crippen molar-refractivity contribution in [3.05, 3.63) is 18.5 Å². The number of rotatable bonds is 8. The summed E-state index contributed by atoms with van der Waals surface area (Å²) in [5, 5.41) is 3.06. The molecule has 0 bridgehead atoms. The maximum Gasteiger partial charge on any atom is 0.237 e. The van der Waals surface area contributed by atoms with Gasteiger partial charge in [0.05, 0.1) is 6.54 Å². The van der Waals surface area contributed by atoms with Crippen molar-refractivity contribution >= 4 is 17.8 Å². The first kappa shape index (κ1) is 16.2. The van der Waals surface area contributed by atoms with E-state index in [0.717, 1.165) is 25.7 Å². The summed E-state index contributed by atoms with van der Waals surface area (Å²) in [6, 6.07) is 1.92. The summed E-state index contributed by atoms with van der Waals surface area (Å²) in [5.74, 6) is 0.109. The molecule has 3 N–H and O–H groups in total. The molecule has 7 heteroatoms. The van der Waals surface area contributed by atoms with Crippen molar-refractivity contribution in [3.63, 3.8) is 0 Å². The van der Waals surface area contributed by atoms with Gasteiger partial charge in [-0.05, 0) is 25.3 Å². The van der Waals surface area contributed by atoms with Crippen LogP contribution in [0.3, 0.4) is 0 Å². The van der Waals surface area contributed by atoms with Gasteiger partial charge in [-0.2, -0.15) is 0 Å². The third-order valence-electron chi connectivity index (χ3n) is 3.83. The van der Waals surface area contributed by atoms with Gasteiger partial charge in [-0.3, -0.25) is 9.59 Å². The highest BCUT2D eigenvalue weighted by atomic mass is 16.2. The van der Waals surface area contributed by atoms with E-state index in [2.05, 4.69) is 15.3 Å². The summed E-state index contributed by atoms with van der Waals surface area (Å²) >= 11 is 0. The van der Waals surface area contributed by atoms with Gasteiger partial charge < -0.3 is 16.0 Å². The molecule has 1 heterocycles. The Kier molecular flexibility index (Phi) is 6.12. The van der Waals surface area contributed by atoms with E-state index in [1.54, 1.807) is 23.4 Å². The van der Waals surface area contributed by atoms with Crippen LogP contribution >= 0.6 is 0 Å². The Bertz CT molecular complexity index is 488. The molecule has 1 aromatic heterocycles. The molecule has 0 aromatic carbocycles. The quantitative estimate of drug-likeness (QED) is 0.696. The number of hydrogen-bond donors (Lipinski definition) is 2. The summed E-state index contributed by atoms with van der Waals surface area (Å²) in [6.07, 6.45) is 8.54. The minimum absolute atomic E-state index is 0.00137. The van der Waals surface area contributed by atoms with E-state index < -0.39 is 5.91 Å². The highest BCUT2D eigenvalue weighted by Crippen LogP contribution is 2.24. The van der Waals surface area contributed by atoms with Crippen molar-refractivity contribution in [2.24, 2.45) is 5.73 Å². The highest BCUT2D eigenvalue weighted by Gasteiger charge is 2.27. The van der Waals surface area contributed by atoms with Gasteiger partial charge in [0.2, 0.25) is 17.8 Å². The monoisotopic (exact) mass is 305 g/mol. The second kappa shape index (κ2) is 8.31. The van der Waals surface area contributed by atoms with Crippen LogP contribution in [0.2, 0.25) is 0 Å². The van der Waals surface area contributed by atoms with Gasteiger partial charge in [-0.25, -0.2) is 9.97 Å². The lowest BCUT2D eigenvalue weighted by molar-refractivity contribution is -0.137. The predicted octanol–water partition coefficient (Wildman–Crippen LogP) is 0.925. The van der Waals surface area contributed by atoms with Crippen LogP contribution in [-0.4, -0.2) is 45.8 Å². The second-order valence-corrected chi connectivity index (χ2v) is 5.53.